The van der Waals surface area contributed by atoms with E-state index in [-0.39, 0.29) is 63.8 Å². The van der Waals surface area contributed by atoms with Crippen molar-refractivity contribution < 1.29 is 28.0 Å². The summed E-state index contributed by atoms with van der Waals surface area (Å²) in [5.74, 6) is -2.90. The molecule has 0 spiro atoms. The molecule has 1 aromatic heterocycles. The van der Waals surface area contributed by atoms with Crippen molar-refractivity contribution in [3.63, 3.8) is 0 Å². The topological polar surface area (TPSA) is 99.3 Å². The lowest BCUT2D eigenvalue weighted by molar-refractivity contribution is -0.131. The third kappa shape index (κ3) is 4.67. The molecule has 7 nitrogen and oxygen atoms in total. The Labute approximate surface area is 218 Å². The molecule has 2 aromatic rings. The molecule has 198 valence electrons. The number of carbonyl (C=O) groups is 4. The molecule has 0 radical (unpaired) electrons. The number of halogens is 3. The van der Waals surface area contributed by atoms with Crippen LogP contribution in [0, 0.1) is 29.4 Å². The fourth-order valence-corrected chi connectivity index (χ4v) is 6.71. The smallest absolute Gasteiger partial charge is 0.271 e. The lowest BCUT2D eigenvalue weighted by atomic mass is 9.91. The van der Waals surface area contributed by atoms with Crippen molar-refractivity contribution >= 4 is 45.9 Å². The van der Waals surface area contributed by atoms with Crippen LogP contribution in [0.3, 0.4) is 0 Å². The predicted octanol–water partition coefficient (Wildman–Crippen LogP) is 4.56. The third-order valence-electron chi connectivity index (χ3n) is 8.41. The Kier molecular flexibility index (Phi) is 7.09. The van der Waals surface area contributed by atoms with Crippen LogP contribution in [-0.2, 0) is 14.4 Å². The minimum atomic E-state index is -0.926. The molecule has 10 heteroatoms. The number of aromatic nitrogens is 1. The lowest BCUT2D eigenvalue weighted by Crippen LogP contribution is -2.53. The minimum absolute atomic E-state index is 0.0110. The maximum Gasteiger partial charge on any atom is 0.271 e. The molecule has 1 aromatic carbocycles. The first kappa shape index (κ1) is 25.8. The molecule has 3 aliphatic rings. The maximum atomic E-state index is 14.3. The van der Waals surface area contributed by atoms with Crippen LogP contribution in [0.2, 0.25) is 5.02 Å². The number of amides is 2. The van der Waals surface area contributed by atoms with Gasteiger partial charge in [0, 0.05) is 36.8 Å². The Morgan fingerprint density at radius 3 is 2.65 bits per heavy atom. The SMILES string of the molecule is CCC(=O)C(CC1CCCC1=O)NC(=O)C1C2CCCC2CN1C(=O)c1cc2c(Cl)c(F)cc(F)c2[nH]1. The zero-order chi connectivity index (χ0) is 26.4. The van der Waals surface area contributed by atoms with Gasteiger partial charge in [-0.25, -0.2) is 8.78 Å². The molecular weight excluding hydrogens is 504 g/mol. The van der Waals surface area contributed by atoms with Gasteiger partial charge in [0.15, 0.2) is 5.78 Å². The number of hydrogen-bond donors (Lipinski definition) is 2. The van der Waals surface area contributed by atoms with Gasteiger partial charge in [0.25, 0.3) is 5.91 Å². The highest BCUT2D eigenvalue weighted by atomic mass is 35.5. The fraction of sp³-hybridized carbons (Fsp3) is 0.556. The van der Waals surface area contributed by atoms with E-state index < -0.39 is 35.5 Å². The van der Waals surface area contributed by atoms with Gasteiger partial charge in [0.1, 0.15) is 29.2 Å². The standard InChI is InChI=1S/C27H30ClF2N3O4/c1-2-21(34)19(9-13-5-4-8-22(13)35)32-26(36)25-15-7-3-6-14(15)12-33(25)27(37)20-10-16-23(28)17(29)11-18(30)24(16)31-20/h10-11,13-15,19,25,31H,2-9,12H2,1H3,(H,32,36). The average Bonchev–Trinajstić information content (AvgIpc) is 3.65. The van der Waals surface area contributed by atoms with Crippen molar-refractivity contribution in [3.05, 3.63) is 34.5 Å². The number of nitrogens with one attached hydrogen (secondary N) is 2. The van der Waals surface area contributed by atoms with Crippen LogP contribution in [0.15, 0.2) is 12.1 Å². The molecule has 1 aliphatic heterocycles. The van der Waals surface area contributed by atoms with Gasteiger partial charge in [-0.2, -0.15) is 0 Å². The van der Waals surface area contributed by atoms with E-state index in [0.29, 0.717) is 25.5 Å². The van der Waals surface area contributed by atoms with Crippen molar-refractivity contribution in [2.24, 2.45) is 17.8 Å². The number of H-pyrrole nitrogens is 1. The van der Waals surface area contributed by atoms with E-state index in [2.05, 4.69) is 10.3 Å². The van der Waals surface area contributed by atoms with Crippen molar-refractivity contribution in [3.8, 4) is 0 Å². The van der Waals surface area contributed by atoms with Gasteiger partial charge in [-0.1, -0.05) is 24.9 Å². The van der Waals surface area contributed by atoms with E-state index >= 15 is 0 Å². The largest absolute Gasteiger partial charge is 0.348 e. The number of Topliss-reactive ketones (excluding diaryl/α,β-unsaturated/α-hetero) is 2. The molecular formula is C27H30ClF2N3O4. The van der Waals surface area contributed by atoms with Crippen molar-refractivity contribution in [1.82, 2.24) is 15.2 Å². The first-order chi connectivity index (χ1) is 17.7. The number of carbonyl (C=O) groups excluding carboxylic acids is 4. The molecule has 37 heavy (non-hydrogen) atoms. The van der Waals surface area contributed by atoms with Crippen LogP contribution in [0.1, 0.15) is 68.8 Å². The molecule has 2 N–H and O–H groups in total. The van der Waals surface area contributed by atoms with Gasteiger partial charge in [0.05, 0.1) is 16.6 Å². The zero-order valence-corrected chi connectivity index (χ0v) is 21.4. The Bertz CT molecular complexity index is 1280. The van der Waals surface area contributed by atoms with Crippen LogP contribution in [0.4, 0.5) is 8.78 Å². The van der Waals surface area contributed by atoms with Crippen molar-refractivity contribution in [2.75, 3.05) is 6.54 Å². The summed E-state index contributed by atoms with van der Waals surface area (Å²) in [6.07, 6.45) is 5.10. The number of nitrogens with zero attached hydrogens (tertiary/aromatic N) is 1. The first-order valence-electron chi connectivity index (χ1n) is 13.0. The van der Waals surface area contributed by atoms with Crippen molar-refractivity contribution in [1.29, 1.82) is 0 Å². The number of hydrogen-bond acceptors (Lipinski definition) is 4. The summed E-state index contributed by atoms with van der Waals surface area (Å²) in [5, 5.41) is 2.65. The average molecular weight is 534 g/mol. The molecule has 2 saturated carbocycles. The van der Waals surface area contributed by atoms with Crippen LogP contribution in [-0.4, -0.2) is 51.9 Å². The minimum Gasteiger partial charge on any atom is -0.348 e. The van der Waals surface area contributed by atoms with Gasteiger partial charge >= 0.3 is 0 Å². The summed E-state index contributed by atoms with van der Waals surface area (Å²) in [6.45, 7) is 2.08. The Hall–Kier alpha value is -2.81. The second-order valence-electron chi connectivity index (χ2n) is 10.6. The highest BCUT2D eigenvalue weighted by Gasteiger charge is 2.50. The first-order valence-corrected chi connectivity index (χ1v) is 13.4. The van der Waals surface area contributed by atoms with E-state index in [1.165, 1.54) is 11.0 Å². The van der Waals surface area contributed by atoms with Gasteiger partial charge in [-0.05, 0) is 50.0 Å². The highest BCUT2D eigenvalue weighted by molar-refractivity contribution is 6.35. The number of benzene rings is 1. The number of likely N-dealkylation sites (tertiary alicyclic amines) is 1. The van der Waals surface area contributed by atoms with Gasteiger partial charge in [-0.3, -0.25) is 19.2 Å². The number of fused-ring (bicyclic) bond motifs is 2. The van der Waals surface area contributed by atoms with Gasteiger partial charge < -0.3 is 15.2 Å². The Balaban J connectivity index is 1.41. The summed E-state index contributed by atoms with van der Waals surface area (Å²) in [6, 6.07) is 0.386. The predicted molar refractivity (Wildman–Crippen MR) is 133 cm³/mol. The summed E-state index contributed by atoms with van der Waals surface area (Å²) >= 11 is 6.01. The number of ketones is 2. The summed E-state index contributed by atoms with van der Waals surface area (Å²) in [7, 11) is 0. The van der Waals surface area contributed by atoms with E-state index in [0.717, 1.165) is 25.7 Å². The molecule has 0 bridgehead atoms. The summed E-state index contributed by atoms with van der Waals surface area (Å²) in [5.41, 5.74) is -0.0677. The molecule has 5 unspecified atom stereocenters. The molecule has 2 heterocycles. The van der Waals surface area contributed by atoms with Crippen molar-refractivity contribution in [2.45, 2.75) is 70.4 Å². The lowest BCUT2D eigenvalue weighted by Gasteiger charge is -2.29. The quantitative estimate of drug-likeness (QED) is 0.509. The van der Waals surface area contributed by atoms with Crippen LogP contribution < -0.4 is 5.32 Å². The van der Waals surface area contributed by atoms with Gasteiger partial charge in [-0.15, -0.1) is 0 Å². The molecule has 2 amide bonds. The fourth-order valence-electron chi connectivity index (χ4n) is 6.51. The summed E-state index contributed by atoms with van der Waals surface area (Å²) < 4.78 is 28.3. The summed E-state index contributed by atoms with van der Waals surface area (Å²) in [4.78, 5) is 56.4. The Morgan fingerprint density at radius 2 is 1.95 bits per heavy atom. The molecule has 5 rings (SSSR count). The second-order valence-corrected chi connectivity index (χ2v) is 10.9. The third-order valence-corrected chi connectivity index (χ3v) is 8.80. The van der Waals surface area contributed by atoms with Gasteiger partial charge in [0.2, 0.25) is 5.91 Å². The molecule has 1 saturated heterocycles. The van der Waals surface area contributed by atoms with Crippen LogP contribution in [0.25, 0.3) is 10.9 Å². The molecule has 5 atom stereocenters. The number of aromatic amines is 1. The monoisotopic (exact) mass is 533 g/mol. The van der Waals surface area contributed by atoms with Crippen LogP contribution in [0.5, 0.6) is 0 Å². The normalized spacial score (nSPS) is 26.1. The number of rotatable bonds is 7. The zero-order valence-electron chi connectivity index (χ0n) is 20.6. The highest BCUT2D eigenvalue weighted by Crippen LogP contribution is 2.43. The maximum absolute atomic E-state index is 14.3. The second kappa shape index (κ2) is 10.2. The Morgan fingerprint density at radius 1 is 1.16 bits per heavy atom. The van der Waals surface area contributed by atoms with E-state index in [1.54, 1.807) is 6.92 Å². The van der Waals surface area contributed by atoms with E-state index in [9.17, 15) is 28.0 Å². The van der Waals surface area contributed by atoms with E-state index in [1.807, 2.05) is 0 Å². The molecule has 3 fully saturated rings. The molecule has 2 aliphatic carbocycles. The van der Waals surface area contributed by atoms with E-state index in [4.69, 9.17) is 11.6 Å². The van der Waals surface area contributed by atoms with Crippen LogP contribution >= 0.6 is 11.6 Å².